The van der Waals surface area contributed by atoms with Gasteiger partial charge in [0.1, 0.15) is 0 Å². The number of nitrogens with one attached hydrogen (secondary N) is 1. The van der Waals surface area contributed by atoms with Crippen molar-refractivity contribution in [3.63, 3.8) is 0 Å². The molecule has 1 N–H and O–H groups in total. The Bertz CT molecular complexity index is 992. The molecule has 0 saturated carbocycles. The molecule has 150 valence electrons. The number of carbonyl (C=O) groups is 2. The molecule has 0 radical (unpaired) electrons. The van der Waals surface area contributed by atoms with Crippen LogP contribution in [0.2, 0.25) is 10.0 Å². The fourth-order valence-corrected chi connectivity index (χ4v) is 3.44. The molecule has 0 aliphatic heterocycles. The third-order valence-corrected chi connectivity index (χ3v) is 6.09. The third-order valence-electron chi connectivity index (χ3n) is 3.71. The molecule has 0 bridgehead atoms. The van der Waals surface area contributed by atoms with Crippen molar-refractivity contribution in [1.82, 2.24) is 4.31 Å². The molecule has 1 unspecified atom stereocenters. The Balaban J connectivity index is 2.04. The predicted octanol–water partition coefficient (Wildman–Crippen LogP) is 3.43. The van der Waals surface area contributed by atoms with Crippen molar-refractivity contribution in [3.05, 3.63) is 58.1 Å². The molecule has 10 heteroatoms. The van der Waals surface area contributed by atoms with Crippen LogP contribution in [0.3, 0.4) is 0 Å². The van der Waals surface area contributed by atoms with Crippen molar-refractivity contribution in [1.29, 1.82) is 0 Å². The highest BCUT2D eigenvalue weighted by atomic mass is 35.5. The normalized spacial score (nSPS) is 12.5. The number of hydrogen-bond donors (Lipinski definition) is 1. The first kappa shape index (κ1) is 22.2. The molecule has 2 aromatic carbocycles. The second kappa shape index (κ2) is 8.91. The van der Waals surface area contributed by atoms with E-state index in [1.165, 1.54) is 57.4 Å². The van der Waals surface area contributed by atoms with Crippen LogP contribution >= 0.6 is 23.2 Å². The Morgan fingerprint density at radius 3 is 2.21 bits per heavy atom. The van der Waals surface area contributed by atoms with Crippen LogP contribution in [0.1, 0.15) is 17.3 Å². The maximum atomic E-state index is 12.2. The zero-order valence-corrected chi connectivity index (χ0v) is 17.6. The Hall–Kier alpha value is -2.13. The van der Waals surface area contributed by atoms with Gasteiger partial charge in [0.15, 0.2) is 6.10 Å². The van der Waals surface area contributed by atoms with Crippen LogP contribution in [-0.2, 0) is 19.6 Å². The Kier molecular flexibility index (Phi) is 7.06. The summed E-state index contributed by atoms with van der Waals surface area (Å²) in [7, 11) is -0.787. The third kappa shape index (κ3) is 5.23. The van der Waals surface area contributed by atoms with Gasteiger partial charge in [-0.1, -0.05) is 23.2 Å². The number of rotatable bonds is 6. The van der Waals surface area contributed by atoms with Gasteiger partial charge in [0.2, 0.25) is 10.0 Å². The average Bonchev–Trinajstić information content (AvgIpc) is 2.63. The van der Waals surface area contributed by atoms with Crippen molar-refractivity contribution in [3.8, 4) is 0 Å². The second-order valence-electron chi connectivity index (χ2n) is 5.97. The first-order chi connectivity index (χ1) is 13.0. The minimum Gasteiger partial charge on any atom is -0.449 e. The van der Waals surface area contributed by atoms with E-state index in [1.807, 2.05) is 0 Å². The van der Waals surface area contributed by atoms with Gasteiger partial charge in [-0.05, 0) is 49.4 Å². The summed E-state index contributed by atoms with van der Waals surface area (Å²) in [4.78, 5) is 24.5. The van der Waals surface area contributed by atoms with Gasteiger partial charge >= 0.3 is 5.97 Å². The summed E-state index contributed by atoms with van der Waals surface area (Å²) < 4.78 is 30.3. The first-order valence-electron chi connectivity index (χ1n) is 8.02. The van der Waals surface area contributed by atoms with Crippen LogP contribution in [0.25, 0.3) is 0 Å². The van der Waals surface area contributed by atoms with Gasteiger partial charge in [-0.2, -0.15) is 0 Å². The van der Waals surface area contributed by atoms with Crippen molar-refractivity contribution in [2.75, 3.05) is 19.4 Å². The van der Waals surface area contributed by atoms with Crippen molar-refractivity contribution < 1.29 is 22.7 Å². The van der Waals surface area contributed by atoms with Gasteiger partial charge < -0.3 is 10.1 Å². The standard InChI is InChI=1S/C18H18Cl2N2O5S/c1-11(17(23)21-16-9-6-13(19)10-15(16)20)27-18(24)12-4-7-14(8-5-12)28(25,26)22(2)3/h4-11H,1-3H3,(H,21,23). The number of esters is 1. The number of carbonyl (C=O) groups excluding carboxylic acids is 2. The lowest BCUT2D eigenvalue weighted by Crippen LogP contribution is -2.30. The Morgan fingerprint density at radius 1 is 1.07 bits per heavy atom. The van der Waals surface area contributed by atoms with Gasteiger partial charge in [0.05, 0.1) is 21.2 Å². The van der Waals surface area contributed by atoms with E-state index in [0.29, 0.717) is 10.7 Å². The van der Waals surface area contributed by atoms with Crippen molar-refractivity contribution in [2.24, 2.45) is 0 Å². The zero-order chi connectivity index (χ0) is 21.1. The second-order valence-corrected chi connectivity index (χ2v) is 8.97. The lowest BCUT2D eigenvalue weighted by Gasteiger charge is -2.15. The monoisotopic (exact) mass is 444 g/mol. The van der Waals surface area contributed by atoms with Crippen molar-refractivity contribution >= 4 is 50.8 Å². The molecular weight excluding hydrogens is 427 g/mol. The van der Waals surface area contributed by atoms with E-state index in [-0.39, 0.29) is 15.5 Å². The Morgan fingerprint density at radius 2 is 1.68 bits per heavy atom. The minimum atomic E-state index is -3.60. The molecule has 0 fully saturated rings. The van der Waals surface area contributed by atoms with Crippen LogP contribution in [0.15, 0.2) is 47.4 Å². The SMILES string of the molecule is CC(OC(=O)c1ccc(S(=O)(=O)N(C)C)cc1)C(=O)Nc1ccc(Cl)cc1Cl. The molecule has 0 saturated heterocycles. The molecule has 0 heterocycles. The molecule has 0 aliphatic carbocycles. The fourth-order valence-electron chi connectivity index (χ4n) is 2.08. The summed E-state index contributed by atoms with van der Waals surface area (Å²) in [5.74, 6) is -1.34. The number of nitrogens with zero attached hydrogens (tertiary/aromatic N) is 1. The molecule has 0 spiro atoms. The Labute approximate surface area is 173 Å². The van der Waals surface area contributed by atoms with Gasteiger partial charge in [0.25, 0.3) is 5.91 Å². The topological polar surface area (TPSA) is 92.8 Å². The molecule has 28 heavy (non-hydrogen) atoms. The van der Waals surface area contributed by atoms with E-state index >= 15 is 0 Å². The number of hydrogen-bond acceptors (Lipinski definition) is 5. The van der Waals surface area contributed by atoms with Crippen LogP contribution in [0.4, 0.5) is 5.69 Å². The summed E-state index contributed by atoms with van der Waals surface area (Å²) >= 11 is 11.8. The summed E-state index contributed by atoms with van der Waals surface area (Å²) in [5.41, 5.74) is 0.444. The smallest absolute Gasteiger partial charge is 0.338 e. The molecule has 1 atom stereocenters. The van der Waals surface area contributed by atoms with Crippen LogP contribution in [-0.4, -0.2) is 44.8 Å². The molecule has 7 nitrogen and oxygen atoms in total. The molecular formula is C18H18Cl2N2O5S. The molecule has 0 aliphatic rings. The van der Waals surface area contributed by atoms with Crippen LogP contribution in [0.5, 0.6) is 0 Å². The maximum absolute atomic E-state index is 12.2. The predicted molar refractivity (Wildman–Crippen MR) is 107 cm³/mol. The van der Waals surface area contributed by atoms with E-state index in [2.05, 4.69) is 5.32 Å². The highest BCUT2D eigenvalue weighted by molar-refractivity contribution is 7.89. The summed E-state index contributed by atoms with van der Waals surface area (Å²) in [5, 5.41) is 3.21. The summed E-state index contributed by atoms with van der Waals surface area (Å²) in [6.45, 7) is 1.40. The van der Waals surface area contributed by atoms with E-state index in [1.54, 1.807) is 6.07 Å². The van der Waals surface area contributed by atoms with Gasteiger partial charge in [0, 0.05) is 19.1 Å². The first-order valence-corrected chi connectivity index (χ1v) is 10.2. The van der Waals surface area contributed by atoms with E-state index in [0.717, 1.165) is 4.31 Å². The summed E-state index contributed by atoms with van der Waals surface area (Å²) in [6, 6.07) is 9.79. The van der Waals surface area contributed by atoms with Crippen LogP contribution in [0, 0.1) is 0 Å². The maximum Gasteiger partial charge on any atom is 0.338 e. The molecule has 2 rings (SSSR count). The number of anilines is 1. The fraction of sp³-hybridized carbons (Fsp3) is 0.222. The summed E-state index contributed by atoms with van der Waals surface area (Å²) in [6.07, 6.45) is -1.11. The van der Waals surface area contributed by atoms with E-state index in [9.17, 15) is 18.0 Å². The number of benzene rings is 2. The van der Waals surface area contributed by atoms with Crippen molar-refractivity contribution in [2.45, 2.75) is 17.9 Å². The van der Waals surface area contributed by atoms with Gasteiger partial charge in [-0.25, -0.2) is 17.5 Å². The quantitative estimate of drug-likeness (QED) is 0.688. The molecule has 0 aromatic heterocycles. The van der Waals surface area contributed by atoms with Gasteiger partial charge in [-0.3, -0.25) is 4.79 Å². The number of sulfonamides is 1. The largest absolute Gasteiger partial charge is 0.449 e. The number of amides is 1. The highest BCUT2D eigenvalue weighted by Crippen LogP contribution is 2.25. The average molecular weight is 445 g/mol. The zero-order valence-electron chi connectivity index (χ0n) is 15.3. The van der Waals surface area contributed by atoms with E-state index < -0.39 is 28.0 Å². The van der Waals surface area contributed by atoms with E-state index in [4.69, 9.17) is 27.9 Å². The minimum absolute atomic E-state index is 0.0391. The number of halogens is 2. The number of ether oxygens (including phenoxy) is 1. The van der Waals surface area contributed by atoms with Gasteiger partial charge in [-0.15, -0.1) is 0 Å². The lowest BCUT2D eigenvalue weighted by atomic mass is 10.2. The van der Waals surface area contributed by atoms with Crippen LogP contribution < -0.4 is 5.32 Å². The molecule has 1 amide bonds. The lowest BCUT2D eigenvalue weighted by molar-refractivity contribution is -0.123. The molecule has 2 aromatic rings. The highest BCUT2D eigenvalue weighted by Gasteiger charge is 2.21.